The minimum absolute atomic E-state index is 0.267. The normalized spacial score (nSPS) is 23.7. The summed E-state index contributed by atoms with van der Waals surface area (Å²) in [4.78, 5) is 14.1. The molecule has 3 rings (SSSR count). The van der Waals surface area contributed by atoms with Crippen molar-refractivity contribution in [2.45, 2.75) is 45.2 Å². The Morgan fingerprint density at radius 2 is 2.30 bits per heavy atom. The Hall–Kier alpha value is -1.20. The van der Waals surface area contributed by atoms with Crippen LogP contribution in [0.15, 0.2) is 6.20 Å². The zero-order chi connectivity index (χ0) is 13.9. The van der Waals surface area contributed by atoms with Gasteiger partial charge in [-0.15, -0.1) is 0 Å². The zero-order valence-electron chi connectivity index (χ0n) is 12.4. The molecule has 2 aliphatic heterocycles. The fraction of sp³-hybridized carbons (Fsp3) is 0.733. The lowest BCUT2D eigenvalue weighted by Gasteiger charge is -2.32. The van der Waals surface area contributed by atoms with Crippen molar-refractivity contribution in [3.63, 3.8) is 0 Å². The maximum absolute atomic E-state index is 6.05. The van der Waals surface area contributed by atoms with Crippen LogP contribution in [0.2, 0.25) is 0 Å². The largest absolute Gasteiger partial charge is 0.339 e. The van der Waals surface area contributed by atoms with Gasteiger partial charge in [0.05, 0.1) is 5.69 Å². The second-order valence-corrected chi connectivity index (χ2v) is 6.02. The van der Waals surface area contributed by atoms with E-state index in [-0.39, 0.29) is 6.04 Å². The van der Waals surface area contributed by atoms with Crippen LogP contribution < -0.4 is 10.6 Å². The molecule has 2 N–H and O–H groups in total. The van der Waals surface area contributed by atoms with Gasteiger partial charge in [0.1, 0.15) is 0 Å². The highest BCUT2D eigenvalue weighted by Gasteiger charge is 2.22. The summed E-state index contributed by atoms with van der Waals surface area (Å²) >= 11 is 0. The molecule has 1 atom stereocenters. The molecule has 1 fully saturated rings. The molecule has 0 aromatic carbocycles. The highest BCUT2D eigenvalue weighted by Crippen LogP contribution is 2.21. The second-order valence-electron chi connectivity index (χ2n) is 6.02. The van der Waals surface area contributed by atoms with Crippen LogP contribution in [0.25, 0.3) is 0 Å². The van der Waals surface area contributed by atoms with E-state index in [1.54, 1.807) is 0 Å². The first-order valence-corrected chi connectivity index (χ1v) is 7.84. The minimum atomic E-state index is 0.267. The standard InChI is InChI=1S/C15H25N5/c1-2-6-19-8-5-14-12(10-19)9-17-15(18-14)20-7-3-4-13(16)11-20/h9,13H,2-8,10-11,16H2,1H3. The molecule has 0 saturated carbocycles. The Labute approximate surface area is 121 Å². The lowest BCUT2D eigenvalue weighted by molar-refractivity contribution is 0.252. The Kier molecular flexibility index (Phi) is 4.17. The van der Waals surface area contributed by atoms with Crippen LogP contribution in [-0.4, -0.2) is 47.1 Å². The van der Waals surface area contributed by atoms with Crippen LogP contribution >= 0.6 is 0 Å². The van der Waals surface area contributed by atoms with Crippen LogP contribution in [0.3, 0.4) is 0 Å². The zero-order valence-corrected chi connectivity index (χ0v) is 12.4. The van der Waals surface area contributed by atoms with Crippen LogP contribution in [-0.2, 0) is 13.0 Å². The molecule has 0 amide bonds. The summed E-state index contributed by atoms with van der Waals surface area (Å²) in [5.41, 5.74) is 8.59. The summed E-state index contributed by atoms with van der Waals surface area (Å²) in [5, 5.41) is 0. The molecule has 5 nitrogen and oxygen atoms in total. The van der Waals surface area contributed by atoms with Crippen molar-refractivity contribution >= 4 is 5.95 Å². The van der Waals surface area contributed by atoms with E-state index in [9.17, 15) is 0 Å². The molecule has 1 unspecified atom stereocenters. The Morgan fingerprint density at radius 3 is 3.10 bits per heavy atom. The number of piperidine rings is 1. The van der Waals surface area contributed by atoms with Gasteiger partial charge < -0.3 is 10.6 Å². The summed E-state index contributed by atoms with van der Waals surface area (Å²) in [6.07, 6.45) is 6.55. The van der Waals surface area contributed by atoms with E-state index < -0.39 is 0 Å². The summed E-state index contributed by atoms with van der Waals surface area (Å²) in [6, 6.07) is 0.267. The van der Waals surface area contributed by atoms with Crippen molar-refractivity contribution in [3.8, 4) is 0 Å². The topological polar surface area (TPSA) is 58.3 Å². The molecule has 5 heteroatoms. The fourth-order valence-electron chi connectivity index (χ4n) is 3.22. The van der Waals surface area contributed by atoms with Crippen LogP contribution in [0.5, 0.6) is 0 Å². The molecular formula is C15H25N5. The van der Waals surface area contributed by atoms with E-state index >= 15 is 0 Å². The molecular weight excluding hydrogens is 250 g/mol. The van der Waals surface area contributed by atoms with E-state index in [4.69, 9.17) is 10.7 Å². The van der Waals surface area contributed by atoms with E-state index in [1.807, 2.05) is 6.20 Å². The van der Waals surface area contributed by atoms with E-state index in [0.29, 0.717) is 0 Å². The third-order valence-electron chi connectivity index (χ3n) is 4.28. The van der Waals surface area contributed by atoms with Gasteiger partial charge >= 0.3 is 0 Å². The number of nitrogens with zero attached hydrogens (tertiary/aromatic N) is 4. The van der Waals surface area contributed by atoms with Gasteiger partial charge in [0.25, 0.3) is 0 Å². The van der Waals surface area contributed by atoms with E-state index in [2.05, 4.69) is 21.7 Å². The highest BCUT2D eigenvalue weighted by molar-refractivity contribution is 5.35. The van der Waals surface area contributed by atoms with Crippen molar-refractivity contribution in [2.75, 3.05) is 31.1 Å². The second kappa shape index (κ2) is 6.06. The molecule has 20 heavy (non-hydrogen) atoms. The van der Waals surface area contributed by atoms with Gasteiger partial charge in [0.2, 0.25) is 5.95 Å². The lowest BCUT2D eigenvalue weighted by atomic mass is 10.1. The number of nitrogens with two attached hydrogens (primary N) is 1. The number of hydrogen-bond donors (Lipinski definition) is 1. The SMILES string of the molecule is CCCN1CCc2nc(N3CCCC(N)C3)ncc2C1. The van der Waals surface area contributed by atoms with Gasteiger partial charge in [-0.1, -0.05) is 6.92 Å². The van der Waals surface area contributed by atoms with Crippen molar-refractivity contribution in [2.24, 2.45) is 5.73 Å². The van der Waals surface area contributed by atoms with E-state index in [0.717, 1.165) is 51.4 Å². The Balaban J connectivity index is 1.73. The number of anilines is 1. The van der Waals surface area contributed by atoms with E-state index in [1.165, 1.54) is 24.2 Å². The molecule has 1 aromatic rings. The van der Waals surface area contributed by atoms with Crippen molar-refractivity contribution in [1.82, 2.24) is 14.9 Å². The maximum atomic E-state index is 6.05. The molecule has 0 aliphatic carbocycles. The highest BCUT2D eigenvalue weighted by atomic mass is 15.3. The number of rotatable bonds is 3. The Morgan fingerprint density at radius 1 is 1.40 bits per heavy atom. The van der Waals surface area contributed by atoms with Crippen molar-refractivity contribution in [3.05, 3.63) is 17.5 Å². The monoisotopic (exact) mass is 275 g/mol. The first-order chi connectivity index (χ1) is 9.76. The van der Waals surface area contributed by atoms with Crippen LogP contribution in [0, 0.1) is 0 Å². The third kappa shape index (κ3) is 2.94. The summed E-state index contributed by atoms with van der Waals surface area (Å²) < 4.78 is 0. The number of fused-ring (bicyclic) bond motifs is 1. The third-order valence-corrected chi connectivity index (χ3v) is 4.28. The van der Waals surface area contributed by atoms with Crippen molar-refractivity contribution < 1.29 is 0 Å². The van der Waals surface area contributed by atoms with Gasteiger partial charge in [-0.05, 0) is 25.8 Å². The summed E-state index contributed by atoms with van der Waals surface area (Å²) in [6.45, 7) is 7.45. The number of aromatic nitrogens is 2. The quantitative estimate of drug-likeness (QED) is 0.897. The number of hydrogen-bond acceptors (Lipinski definition) is 5. The summed E-state index contributed by atoms with van der Waals surface area (Å²) in [7, 11) is 0. The van der Waals surface area contributed by atoms with Gasteiger partial charge in [-0.25, -0.2) is 9.97 Å². The van der Waals surface area contributed by atoms with Gasteiger partial charge in [0, 0.05) is 50.4 Å². The predicted molar refractivity (Wildman–Crippen MR) is 80.7 cm³/mol. The summed E-state index contributed by atoms with van der Waals surface area (Å²) in [5.74, 6) is 0.878. The van der Waals surface area contributed by atoms with Crippen LogP contribution in [0.1, 0.15) is 37.4 Å². The molecule has 0 radical (unpaired) electrons. The lowest BCUT2D eigenvalue weighted by Crippen LogP contribution is -2.43. The average molecular weight is 275 g/mol. The van der Waals surface area contributed by atoms with Gasteiger partial charge in [-0.2, -0.15) is 0 Å². The van der Waals surface area contributed by atoms with Gasteiger partial charge in [0.15, 0.2) is 0 Å². The average Bonchev–Trinajstić information content (AvgIpc) is 2.47. The predicted octanol–water partition coefficient (Wildman–Crippen LogP) is 1.17. The molecule has 0 bridgehead atoms. The first-order valence-electron chi connectivity index (χ1n) is 7.84. The molecule has 2 aliphatic rings. The van der Waals surface area contributed by atoms with Crippen LogP contribution in [0.4, 0.5) is 5.95 Å². The smallest absolute Gasteiger partial charge is 0.225 e. The first kappa shape index (κ1) is 13.8. The molecule has 3 heterocycles. The molecule has 1 saturated heterocycles. The molecule has 1 aromatic heterocycles. The van der Waals surface area contributed by atoms with Gasteiger partial charge in [-0.3, -0.25) is 4.90 Å². The fourth-order valence-corrected chi connectivity index (χ4v) is 3.22. The molecule has 110 valence electrons. The maximum Gasteiger partial charge on any atom is 0.225 e. The Bertz CT molecular complexity index is 462. The minimum Gasteiger partial charge on any atom is -0.339 e. The molecule has 0 spiro atoms. The van der Waals surface area contributed by atoms with Crippen molar-refractivity contribution in [1.29, 1.82) is 0 Å².